The second-order valence-corrected chi connectivity index (χ2v) is 3.68. The normalized spacial score (nSPS) is 10.1. The van der Waals surface area contributed by atoms with E-state index in [2.05, 4.69) is 31.4 Å². The van der Waals surface area contributed by atoms with Gasteiger partial charge in [-0.05, 0) is 43.4 Å². The molecule has 0 N–H and O–H groups in total. The monoisotopic (exact) mass is 196 g/mol. The minimum Gasteiger partial charge on any atom is -0.494 e. The van der Waals surface area contributed by atoms with Crippen molar-refractivity contribution in [2.45, 2.75) is 25.2 Å². The van der Waals surface area contributed by atoms with E-state index in [0.29, 0.717) is 0 Å². The highest BCUT2D eigenvalue weighted by Gasteiger charge is 1.99. The van der Waals surface area contributed by atoms with Crippen molar-refractivity contribution in [3.8, 4) is 5.75 Å². The molecule has 2 heteroatoms. The molecule has 1 rings (SSSR count). The van der Waals surface area contributed by atoms with Crippen molar-refractivity contribution in [1.29, 1.82) is 0 Å². The fourth-order valence-corrected chi connectivity index (χ4v) is 1.71. The molecule has 0 heterocycles. The SMILES string of the molecule is CCOc1cc(CC)cc(SC)c1. The van der Waals surface area contributed by atoms with E-state index < -0.39 is 0 Å². The van der Waals surface area contributed by atoms with Crippen molar-refractivity contribution in [3.63, 3.8) is 0 Å². The maximum atomic E-state index is 5.48. The maximum Gasteiger partial charge on any atom is 0.120 e. The molecule has 0 aromatic heterocycles. The third-order valence-electron chi connectivity index (χ3n) is 1.89. The van der Waals surface area contributed by atoms with Gasteiger partial charge < -0.3 is 4.74 Å². The zero-order valence-corrected chi connectivity index (χ0v) is 9.28. The first-order valence-corrected chi connectivity index (χ1v) is 5.83. The highest BCUT2D eigenvalue weighted by molar-refractivity contribution is 7.98. The Balaban J connectivity index is 2.93. The van der Waals surface area contributed by atoms with Gasteiger partial charge in [0.2, 0.25) is 0 Å². The molecular formula is C11H16OS. The molecule has 1 nitrogen and oxygen atoms in total. The lowest BCUT2D eigenvalue weighted by atomic mass is 10.2. The molecule has 0 aliphatic heterocycles. The van der Waals surface area contributed by atoms with Crippen LogP contribution in [0, 0.1) is 0 Å². The van der Waals surface area contributed by atoms with Crippen LogP contribution < -0.4 is 4.74 Å². The molecule has 0 bridgehead atoms. The first-order chi connectivity index (χ1) is 6.30. The number of ether oxygens (including phenoxy) is 1. The highest BCUT2D eigenvalue weighted by atomic mass is 32.2. The van der Waals surface area contributed by atoms with Crippen LogP contribution in [0.15, 0.2) is 23.1 Å². The number of benzene rings is 1. The molecule has 0 atom stereocenters. The Kier molecular flexibility index (Phi) is 4.16. The van der Waals surface area contributed by atoms with Gasteiger partial charge in [-0.15, -0.1) is 11.8 Å². The van der Waals surface area contributed by atoms with Gasteiger partial charge in [0.25, 0.3) is 0 Å². The molecule has 0 saturated heterocycles. The summed E-state index contributed by atoms with van der Waals surface area (Å²) in [5.41, 5.74) is 1.34. The van der Waals surface area contributed by atoms with E-state index in [1.165, 1.54) is 10.5 Å². The number of hydrogen-bond donors (Lipinski definition) is 0. The predicted molar refractivity (Wildman–Crippen MR) is 58.8 cm³/mol. The first kappa shape index (κ1) is 10.5. The zero-order chi connectivity index (χ0) is 9.68. The van der Waals surface area contributed by atoms with Crippen LogP contribution in [0.3, 0.4) is 0 Å². The molecule has 0 saturated carbocycles. The van der Waals surface area contributed by atoms with Gasteiger partial charge in [0, 0.05) is 4.90 Å². The Labute approximate surface area is 84.5 Å². The quantitative estimate of drug-likeness (QED) is 0.683. The molecule has 0 radical (unpaired) electrons. The summed E-state index contributed by atoms with van der Waals surface area (Å²) >= 11 is 1.76. The first-order valence-electron chi connectivity index (χ1n) is 4.60. The van der Waals surface area contributed by atoms with E-state index in [-0.39, 0.29) is 0 Å². The average Bonchev–Trinajstić information content (AvgIpc) is 2.17. The Morgan fingerprint density at radius 3 is 2.54 bits per heavy atom. The summed E-state index contributed by atoms with van der Waals surface area (Å²) in [4.78, 5) is 1.28. The van der Waals surface area contributed by atoms with Gasteiger partial charge in [-0.3, -0.25) is 0 Å². The smallest absolute Gasteiger partial charge is 0.120 e. The summed E-state index contributed by atoms with van der Waals surface area (Å²) < 4.78 is 5.48. The summed E-state index contributed by atoms with van der Waals surface area (Å²) in [6.07, 6.45) is 3.15. The highest BCUT2D eigenvalue weighted by Crippen LogP contribution is 2.24. The third-order valence-corrected chi connectivity index (χ3v) is 2.60. The lowest BCUT2D eigenvalue weighted by Crippen LogP contribution is -1.93. The Morgan fingerprint density at radius 1 is 1.23 bits per heavy atom. The van der Waals surface area contributed by atoms with Gasteiger partial charge in [-0.2, -0.15) is 0 Å². The average molecular weight is 196 g/mol. The van der Waals surface area contributed by atoms with Crippen LogP contribution in [0.4, 0.5) is 0 Å². The van der Waals surface area contributed by atoms with Crippen LogP contribution in [0.25, 0.3) is 0 Å². The van der Waals surface area contributed by atoms with Gasteiger partial charge in [0.15, 0.2) is 0 Å². The van der Waals surface area contributed by atoms with E-state index in [4.69, 9.17) is 4.74 Å². The van der Waals surface area contributed by atoms with Crippen LogP contribution in [0.2, 0.25) is 0 Å². The maximum absolute atomic E-state index is 5.48. The summed E-state index contributed by atoms with van der Waals surface area (Å²) in [7, 11) is 0. The Hall–Kier alpha value is -0.630. The van der Waals surface area contributed by atoms with Crippen molar-refractivity contribution in [2.24, 2.45) is 0 Å². The molecule has 0 spiro atoms. The van der Waals surface area contributed by atoms with Crippen molar-refractivity contribution in [2.75, 3.05) is 12.9 Å². The number of aryl methyl sites for hydroxylation is 1. The fraction of sp³-hybridized carbons (Fsp3) is 0.455. The van der Waals surface area contributed by atoms with Crippen molar-refractivity contribution < 1.29 is 4.74 Å². The molecule has 1 aromatic rings. The molecule has 0 aliphatic carbocycles. The van der Waals surface area contributed by atoms with Crippen LogP contribution >= 0.6 is 11.8 Å². The van der Waals surface area contributed by atoms with E-state index in [1.54, 1.807) is 11.8 Å². The van der Waals surface area contributed by atoms with Crippen LogP contribution in [-0.2, 0) is 6.42 Å². The second kappa shape index (κ2) is 5.18. The largest absolute Gasteiger partial charge is 0.494 e. The molecule has 13 heavy (non-hydrogen) atoms. The van der Waals surface area contributed by atoms with Gasteiger partial charge in [0.05, 0.1) is 6.61 Å². The summed E-state index contributed by atoms with van der Waals surface area (Å²) in [6.45, 7) is 4.91. The van der Waals surface area contributed by atoms with Crippen molar-refractivity contribution in [1.82, 2.24) is 0 Å². The summed E-state index contributed by atoms with van der Waals surface area (Å²) in [5, 5.41) is 0. The Bertz CT molecular complexity index is 249. The van der Waals surface area contributed by atoms with Crippen molar-refractivity contribution in [3.05, 3.63) is 23.8 Å². The van der Waals surface area contributed by atoms with Gasteiger partial charge in [0.1, 0.15) is 5.75 Å². The van der Waals surface area contributed by atoms with Crippen LogP contribution in [-0.4, -0.2) is 12.9 Å². The van der Waals surface area contributed by atoms with E-state index in [9.17, 15) is 0 Å². The molecule has 1 aromatic carbocycles. The zero-order valence-electron chi connectivity index (χ0n) is 8.46. The number of thioether (sulfide) groups is 1. The van der Waals surface area contributed by atoms with Crippen LogP contribution in [0.5, 0.6) is 5.75 Å². The molecular weight excluding hydrogens is 180 g/mol. The Morgan fingerprint density at radius 2 is 2.00 bits per heavy atom. The third kappa shape index (κ3) is 2.96. The van der Waals surface area contributed by atoms with Gasteiger partial charge >= 0.3 is 0 Å². The van der Waals surface area contributed by atoms with Crippen molar-refractivity contribution >= 4 is 11.8 Å². The molecule has 0 amide bonds. The van der Waals surface area contributed by atoms with Crippen LogP contribution in [0.1, 0.15) is 19.4 Å². The minimum atomic E-state index is 0.737. The predicted octanol–water partition coefficient (Wildman–Crippen LogP) is 3.37. The lowest BCUT2D eigenvalue weighted by molar-refractivity contribution is 0.339. The lowest BCUT2D eigenvalue weighted by Gasteiger charge is -2.07. The second-order valence-electron chi connectivity index (χ2n) is 2.80. The standard InChI is InChI=1S/C11H16OS/c1-4-9-6-10(12-5-2)8-11(7-9)13-3/h6-8H,4-5H2,1-3H3. The molecule has 0 aliphatic rings. The fourth-order valence-electron chi connectivity index (χ4n) is 1.20. The van der Waals surface area contributed by atoms with Gasteiger partial charge in [-0.1, -0.05) is 6.92 Å². The number of hydrogen-bond acceptors (Lipinski definition) is 2. The van der Waals surface area contributed by atoms with E-state index >= 15 is 0 Å². The van der Waals surface area contributed by atoms with E-state index in [0.717, 1.165) is 18.8 Å². The molecule has 0 fully saturated rings. The molecule has 0 unspecified atom stereocenters. The number of rotatable bonds is 4. The summed E-state index contributed by atoms with van der Waals surface area (Å²) in [5.74, 6) is 0.992. The summed E-state index contributed by atoms with van der Waals surface area (Å²) in [6, 6.07) is 6.42. The van der Waals surface area contributed by atoms with Gasteiger partial charge in [-0.25, -0.2) is 0 Å². The van der Waals surface area contributed by atoms with E-state index in [1.807, 2.05) is 6.92 Å². The molecule has 72 valence electrons. The topological polar surface area (TPSA) is 9.23 Å². The minimum absolute atomic E-state index is 0.737.